The molecule has 0 aliphatic carbocycles. The molecule has 0 fully saturated rings. The Kier molecular flexibility index (Phi) is 6.17. The molecule has 0 radical (unpaired) electrons. The third kappa shape index (κ3) is 3.90. The van der Waals surface area contributed by atoms with Crippen LogP contribution in [0.4, 0.5) is 4.79 Å². The number of thiophene rings is 1. The van der Waals surface area contributed by atoms with Crippen molar-refractivity contribution in [3.8, 4) is 6.07 Å². The minimum absolute atomic E-state index is 0.0625. The second-order valence-electron chi connectivity index (χ2n) is 6.27. The van der Waals surface area contributed by atoms with Crippen molar-refractivity contribution in [2.45, 2.75) is 33.0 Å². The van der Waals surface area contributed by atoms with Crippen LogP contribution < -0.4 is 21.9 Å². The van der Waals surface area contributed by atoms with Crippen molar-refractivity contribution < 1.29 is 14.3 Å². The molecule has 0 saturated heterocycles. The number of hydrogen-bond donors (Lipinski definition) is 2. The van der Waals surface area contributed by atoms with Crippen LogP contribution in [0.1, 0.15) is 30.3 Å². The summed E-state index contributed by atoms with van der Waals surface area (Å²) in [5, 5.41) is 16.2. The molecule has 3 rings (SSSR count). The highest BCUT2D eigenvalue weighted by Crippen LogP contribution is 2.30. The molecule has 2 aromatic rings. The molecule has 0 bridgehead atoms. The number of nitrogens with zero attached hydrogens (tertiary/aromatic N) is 3. The Morgan fingerprint density at radius 2 is 2.10 bits per heavy atom. The molecule has 0 saturated carbocycles. The van der Waals surface area contributed by atoms with Gasteiger partial charge in [0.2, 0.25) is 0 Å². The van der Waals surface area contributed by atoms with E-state index in [4.69, 9.17) is 4.74 Å². The van der Waals surface area contributed by atoms with E-state index < -0.39 is 35.8 Å². The minimum atomic E-state index is -0.802. The summed E-state index contributed by atoms with van der Waals surface area (Å²) in [5.41, 5.74) is -1.52. The molecular formula is C19H19N5O5S. The maximum atomic E-state index is 12.7. The number of carbonyl (C=O) groups is 2. The van der Waals surface area contributed by atoms with E-state index in [-0.39, 0.29) is 30.0 Å². The number of urea groups is 1. The van der Waals surface area contributed by atoms with Crippen LogP contribution in [0.25, 0.3) is 0 Å². The Bertz CT molecular complexity index is 1170. The Morgan fingerprint density at radius 3 is 2.70 bits per heavy atom. The van der Waals surface area contributed by atoms with Crippen molar-refractivity contribution in [1.82, 2.24) is 19.8 Å². The van der Waals surface area contributed by atoms with Gasteiger partial charge in [-0.1, -0.05) is 6.07 Å². The van der Waals surface area contributed by atoms with Crippen molar-refractivity contribution >= 4 is 23.3 Å². The van der Waals surface area contributed by atoms with E-state index in [1.807, 2.05) is 0 Å². The smallest absolute Gasteiger partial charge is 0.338 e. The molecule has 0 unspecified atom stereocenters. The highest BCUT2D eigenvalue weighted by molar-refractivity contribution is 7.10. The summed E-state index contributed by atoms with van der Waals surface area (Å²) in [6.07, 6.45) is 1.19. The van der Waals surface area contributed by atoms with Crippen LogP contribution in [0.15, 0.2) is 44.6 Å². The van der Waals surface area contributed by atoms with E-state index >= 15 is 0 Å². The lowest BCUT2D eigenvalue weighted by molar-refractivity contribution is -0.139. The molecule has 3 heterocycles. The molecule has 2 aromatic heterocycles. The van der Waals surface area contributed by atoms with Crippen LogP contribution in [-0.2, 0) is 22.6 Å². The average Bonchev–Trinajstić information content (AvgIpc) is 3.26. The number of ether oxygens (including phenoxy) is 1. The molecule has 0 aromatic carbocycles. The standard InChI is InChI=1S/C19H19N5O5S/c1-3-23-9-11(8-20)16(25)24(19(23)28)10-12-14(17(26)29-4-2)15(22-18(27)21-12)13-6-5-7-30-13/h5-7,9,15H,3-4,10H2,1-2H3,(H2,21,22,27)/t15-/m1/s1. The molecule has 1 atom stereocenters. The Labute approximate surface area is 175 Å². The predicted octanol–water partition coefficient (Wildman–Crippen LogP) is 0.834. The van der Waals surface area contributed by atoms with Crippen molar-refractivity contribution in [3.05, 3.63) is 66.3 Å². The van der Waals surface area contributed by atoms with Crippen LogP contribution in [0.2, 0.25) is 0 Å². The van der Waals surface area contributed by atoms with Crippen LogP contribution in [0.5, 0.6) is 0 Å². The molecule has 10 nitrogen and oxygen atoms in total. The molecular weight excluding hydrogens is 410 g/mol. The molecule has 1 aliphatic heterocycles. The van der Waals surface area contributed by atoms with Gasteiger partial charge in [0.1, 0.15) is 11.6 Å². The van der Waals surface area contributed by atoms with E-state index in [1.165, 1.54) is 22.1 Å². The number of esters is 1. The van der Waals surface area contributed by atoms with Crippen LogP contribution in [0.3, 0.4) is 0 Å². The third-order valence-corrected chi connectivity index (χ3v) is 5.43. The van der Waals surface area contributed by atoms with Gasteiger partial charge in [0.25, 0.3) is 5.56 Å². The normalized spacial score (nSPS) is 15.9. The molecule has 156 valence electrons. The lowest BCUT2D eigenvalue weighted by Crippen LogP contribution is -2.49. The summed E-state index contributed by atoms with van der Waals surface area (Å²) < 4.78 is 7.20. The van der Waals surface area contributed by atoms with Gasteiger partial charge in [-0.05, 0) is 25.3 Å². The van der Waals surface area contributed by atoms with Gasteiger partial charge in [-0.25, -0.2) is 14.4 Å². The first-order chi connectivity index (χ1) is 14.4. The second-order valence-corrected chi connectivity index (χ2v) is 7.25. The first-order valence-electron chi connectivity index (χ1n) is 9.16. The zero-order chi connectivity index (χ0) is 21.8. The van der Waals surface area contributed by atoms with Crippen molar-refractivity contribution in [2.75, 3.05) is 6.61 Å². The molecule has 11 heteroatoms. The number of hydrogen-bond acceptors (Lipinski definition) is 7. The van der Waals surface area contributed by atoms with Crippen molar-refractivity contribution in [2.24, 2.45) is 0 Å². The second kappa shape index (κ2) is 8.79. The third-order valence-electron chi connectivity index (χ3n) is 4.49. The van der Waals surface area contributed by atoms with Crippen molar-refractivity contribution in [3.63, 3.8) is 0 Å². The molecule has 0 spiro atoms. The van der Waals surface area contributed by atoms with Crippen LogP contribution >= 0.6 is 11.3 Å². The molecule has 30 heavy (non-hydrogen) atoms. The van der Waals surface area contributed by atoms with E-state index in [0.29, 0.717) is 4.88 Å². The van der Waals surface area contributed by atoms with E-state index in [9.17, 15) is 24.4 Å². The number of aryl methyl sites for hydroxylation is 1. The van der Waals surface area contributed by atoms with Crippen LogP contribution in [0, 0.1) is 11.3 Å². The summed E-state index contributed by atoms with van der Waals surface area (Å²) in [6, 6.07) is 3.92. The summed E-state index contributed by atoms with van der Waals surface area (Å²) in [6.45, 7) is 3.29. The summed E-state index contributed by atoms with van der Waals surface area (Å²) in [7, 11) is 0. The Hall–Kier alpha value is -3.65. The fourth-order valence-electron chi connectivity index (χ4n) is 3.12. The van der Waals surface area contributed by atoms with Gasteiger partial charge in [0.15, 0.2) is 0 Å². The van der Waals surface area contributed by atoms with E-state index in [1.54, 1.807) is 37.4 Å². The first kappa shape index (κ1) is 21.1. The number of aromatic nitrogens is 2. The zero-order valence-corrected chi connectivity index (χ0v) is 17.1. The first-order valence-corrected chi connectivity index (χ1v) is 10.0. The van der Waals surface area contributed by atoms with Crippen LogP contribution in [-0.4, -0.2) is 27.7 Å². The van der Waals surface area contributed by atoms with Gasteiger partial charge in [-0.15, -0.1) is 11.3 Å². The van der Waals surface area contributed by atoms with Gasteiger partial charge in [-0.2, -0.15) is 5.26 Å². The van der Waals surface area contributed by atoms with E-state index in [2.05, 4.69) is 10.6 Å². The fraction of sp³-hybridized carbons (Fsp3) is 0.316. The van der Waals surface area contributed by atoms with Gasteiger partial charge < -0.3 is 15.4 Å². The van der Waals surface area contributed by atoms with E-state index in [0.717, 1.165) is 4.57 Å². The lowest BCUT2D eigenvalue weighted by atomic mass is 10.0. The van der Waals surface area contributed by atoms with Gasteiger partial charge in [0.05, 0.1) is 30.5 Å². The molecule has 2 amide bonds. The lowest BCUT2D eigenvalue weighted by Gasteiger charge is -2.28. The predicted molar refractivity (Wildman–Crippen MR) is 108 cm³/mol. The number of rotatable bonds is 6. The summed E-state index contributed by atoms with van der Waals surface area (Å²) in [5.74, 6) is -0.682. The largest absolute Gasteiger partial charge is 0.463 e. The maximum absolute atomic E-state index is 12.7. The Morgan fingerprint density at radius 1 is 1.33 bits per heavy atom. The topological polar surface area (TPSA) is 135 Å². The fourth-order valence-corrected chi connectivity index (χ4v) is 3.90. The highest BCUT2D eigenvalue weighted by Gasteiger charge is 2.34. The van der Waals surface area contributed by atoms with Gasteiger partial charge in [-0.3, -0.25) is 13.9 Å². The monoisotopic (exact) mass is 429 g/mol. The quantitative estimate of drug-likeness (QED) is 0.653. The zero-order valence-electron chi connectivity index (χ0n) is 16.3. The Balaban J connectivity index is 2.20. The minimum Gasteiger partial charge on any atom is -0.463 e. The SMILES string of the molecule is CCOC(=O)C1=C(Cn2c(=O)c(C#N)cn(CC)c2=O)NC(=O)N[C@@H]1c1cccs1. The maximum Gasteiger partial charge on any atom is 0.338 e. The van der Waals surface area contributed by atoms with Gasteiger partial charge in [0, 0.05) is 17.6 Å². The summed E-state index contributed by atoms with van der Waals surface area (Å²) >= 11 is 1.34. The molecule has 2 N–H and O–H groups in total. The number of nitrogens with one attached hydrogen (secondary N) is 2. The highest BCUT2D eigenvalue weighted by atomic mass is 32.1. The van der Waals surface area contributed by atoms with Crippen molar-refractivity contribution in [1.29, 1.82) is 5.26 Å². The van der Waals surface area contributed by atoms with Gasteiger partial charge >= 0.3 is 17.7 Å². The molecule has 1 aliphatic rings. The number of carbonyl (C=O) groups excluding carboxylic acids is 2. The average molecular weight is 429 g/mol. The summed E-state index contributed by atoms with van der Waals surface area (Å²) in [4.78, 5) is 51.0. The number of amides is 2. The number of nitriles is 1. The number of allylic oxidation sites excluding steroid dienone is 1.